The number of likely N-dealkylation sites (N-methyl/N-ethyl adjacent to an activating group) is 1. The van der Waals surface area contributed by atoms with Gasteiger partial charge < -0.3 is 15.7 Å². The third-order valence-electron chi connectivity index (χ3n) is 3.07. The zero-order chi connectivity index (χ0) is 12.3. The van der Waals surface area contributed by atoms with Crippen molar-refractivity contribution in [2.45, 2.75) is 38.0 Å². The number of hydrogen-bond donors (Lipinski definition) is 2. The Labute approximate surface area is 103 Å². The van der Waals surface area contributed by atoms with E-state index >= 15 is 0 Å². The second kappa shape index (κ2) is 5.91. The van der Waals surface area contributed by atoms with Crippen LogP contribution in [-0.2, 0) is 0 Å². The fourth-order valence-corrected chi connectivity index (χ4v) is 2.71. The Morgan fingerprint density at radius 3 is 2.75 bits per heavy atom. The molecule has 1 rings (SSSR count). The van der Waals surface area contributed by atoms with Gasteiger partial charge >= 0.3 is 0 Å². The number of nitrogens with zero attached hydrogens (tertiary/aromatic N) is 2. The predicted octanol–water partition coefficient (Wildman–Crippen LogP) is 0.0479. The summed E-state index contributed by atoms with van der Waals surface area (Å²) in [6.45, 7) is 3.83. The zero-order valence-electron chi connectivity index (χ0n) is 10.4. The Morgan fingerprint density at radius 2 is 2.25 bits per heavy atom. The maximum absolute atomic E-state index is 9.74. The van der Waals surface area contributed by atoms with E-state index in [9.17, 15) is 5.11 Å². The molecule has 0 bridgehead atoms. The van der Waals surface area contributed by atoms with Crippen molar-refractivity contribution < 1.29 is 5.11 Å². The minimum Gasteiger partial charge on any atom is -0.393 e. The van der Waals surface area contributed by atoms with Gasteiger partial charge in [-0.15, -0.1) is 0 Å². The van der Waals surface area contributed by atoms with Gasteiger partial charge in [-0.05, 0) is 27.4 Å². The second-order valence-corrected chi connectivity index (χ2v) is 5.55. The van der Waals surface area contributed by atoms with E-state index in [1.165, 1.54) is 0 Å². The fraction of sp³-hybridized carbons (Fsp3) is 0.909. The molecular formula is C11H23N3OS. The topological polar surface area (TPSA) is 52.7 Å². The number of thiocarbonyl (C=S) groups is 1. The number of β-amino-alcohol motifs (C(OH)–C–C–N with tert-alkyl or cyclic N) is 1. The highest BCUT2D eigenvalue weighted by molar-refractivity contribution is 7.80. The normalized spacial score (nSPS) is 28.6. The minimum atomic E-state index is -0.209. The first kappa shape index (κ1) is 13.8. The Balaban J connectivity index is 2.57. The lowest BCUT2D eigenvalue weighted by molar-refractivity contribution is 0.146. The average molecular weight is 245 g/mol. The van der Waals surface area contributed by atoms with Crippen molar-refractivity contribution in [3.8, 4) is 0 Å². The van der Waals surface area contributed by atoms with Crippen molar-refractivity contribution in [1.82, 2.24) is 9.80 Å². The van der Waals surface area contributed by atoms with Gasteiger partial charge in [-0.2, -0.15) is 0 Å². The average Bonchev–Trinajstić information content (AvgIpc) is 2.44. The molecule has 4 nitrogen and oxygen atoms in total. The summed E-state index contributed by atoms with van der Waals surface area (Å²) < 4.78 is 0. The van der Waals surface area contributed by atoms with Crippen LogP contribution in [0.3, 0.4) is 0 Å². The monoisotopic (exact) mass is 245 g/mol. The van der Waals surface area contributed by atoms with Crippen molar-refractivity contribution in [1.29, 1.82) is 0 Å². The van der Waals surface area contributed by atoms with Crippen LogP contribution in [-0.4, -0.2) is 65.3 Å². The van der Waals surface area contributed by atoms with Gasteiger partial charge in [-0.25, -0.2) is 0 Å². The first-order valence-electron chi connectivity index (χ1n) is 5.77. The molecule has 5 heteroatoms. The Hall–Kier alpha value is -0.230. The van der Waals surface area contributed by atoms with E-state index in [1.54, 1.807) is 0 Å². The van der Waals surface area contributed by atoms with E-state index in [0.29, 0.717) is 17.1 Å². The van der Waals surface area contributed by atoms with E-state index in [4.69, 9.17) is 18.0 Å². The SMILES string of the molecule is CC(CC(N)=S)N1CC(O)CC1CN(C)C. The van der Waals surface area contributed by atoms with Crippen molar-refractivity contribution in [2.75, 3.05) is 27.2 Å². The fourth-order valence-electron chi connectivity index (χ4n) is 2.47. The molecule has 0 aliphatic carbocycles. The number of nitrogens with two attached hydrogens (primary N) is 1. The third kappa shape index (κ3) is 3.97. The van der Waals surface area contributed by atoms with Crippen LogP contribution in [0, 0.1) is 0 Å². The maximum Gasteiger partial charge on any atom is 0.0742 e. The lowest BCUT2D eigenvalue weighted by Crippen LogP contribution is -2.43. The number of aliphatic hydroxyl groups is 1. The molecule has 1 saturated heterocycles. The molecule has 16 heavy (non-hydrogen) atoms. The molecule has 1 heterocycles. The number of aliphatic hydroxyl groups excluding tert-OH is 1. The Morgan fingerprint density at radius 1 is 1.62 bits per heavy atom. The zero-order valence-corrected chi connectivity index (χ0v) is 11.2. The van der Waals surface area contributed by atoms with Crippen molar-refractivity contribution >= 4 is 17.2 Å². The van der Waals surface area contributed by atoms with Crippen LogP contribution in [0.25, 0.3) is 0 Å². The summed E-state index contributed by atoms with van der Waals surface area (Å²) >= 11 is 4.94. The molecule has 0 aromatic rings. The van der Waals surface area contributed by atoms with E-state index in [-0.39, 0.29) is 6.10 Å². The van der Waals surface area contributed by atoms with E-state index < -0.39 is 0 Å². The van der Waals surface area contributed by atoms with Crippen LogP contribution in [0.2, 0.25) is 0 Å². The molecule has 0 aromatic carbocycles. The summed E-state index contributed by atoms with van der Waals surface area (Å²) in [7, 11) is 4.11. The molecule has 0 spiro atoms. The quantitative estimate of drug-likeness (QED) is 0.670. The van der Waals surface area contributed by atoms with E-state index in [2.05, 4.69) is 30.8 Å². The van der Waals surface area contributed by atoms with Crippen LogP contribution in [0.15, 0.2) is 0 Å². The molecule has 0 amide bonds. The summed E-state index contributed by atoms with van der Waals surface area (Å²) in [4.78, 5) is 5.03. The van der Waals surface area contributed by atoms with Crippen LogP contribution in [0.4, 0.5) is 0 Å². The molecule has 1 fully saturated rings. The highest BCUT2D eigenvalue weighted by atomic mass is 32.1. The standard InChI is InChI=1S/C11H23N3OS/c1-8(4-11(12)16)14-7-10(15)5-9(14)6-13(2)3/h8-10,15H,4-7H2,1-3H3,(H2,12,16). The second-order valence-electron chi connectivity index (χ2n) is 5.02. The molecule has 3 atom stereocenters. The van der Waals surface area contributed by atoms with Crippen LogP contribution in [0.5, 0.6) is 0 Å². The number of likely N-dealkylation sites (tertiary alicyclic amines) is 1. The lowest BCUT2D eigenvalue weighted by Gasteiger charge is -2.31. The van der Waals surface area contributed by atoms with E-state index in [0.717, 1.165) is 25.9 Å². The Kier molecular flexibility index (Phi) is 5.11. The van der Waals surface area contributed by atoms with Crippen molar-refractivity contribution in [3.05, 3.63) is 0 Å². The van der Waals surface area contributed by atoms with Gasteiger partial charge in [0.15, 0.2) is 0 Å². The van der Waals surface area contributed by atoms with Gasteiger partial charge in [0, 0.05) is 31.6 Å². The van der Waals surface area contributed by atoms with E-state index in [1.807, 2.05) is 0 Å². The van der Waals surface area contributed by atoms with Crippen LogP contribution < -0.4 is 5.73 Å². The summed E-state index contributed by atoms with van der Waals surface area (Å²) in [5, 5.41) is 9.74. The summed E-state index contributed by atoms with van der Waals surface area (Å²) in [5.41, 5.74) is 5.57. The lowest BCUT2D eigenvalue weighted by atomic mass is 10.1. The van der Waals surface area contributed by atoms with Gasteiger partial charge in [0.25, 0.3) is 0 Å². The number of rotatable bonds is 5. The molecule has 3 N–H and O–H groups in total. The first-order chi connectivity index (χ1) is 7.40. The third-order valence-corrected chi connectivity index (χ3v) is 3.24. The summed E-state index contributed by atoms with van der Waals surface area (Å²) in [6, 6.07) is 0.731. The van der Waals surface area contributed by atoms with Crippen LogP contribution in [0.1, 0.15) is 19.8 Å². The van der Waals surface area contributed by atoms with Crippen molar-refractivity contribution in [2.24, 2.45) is 5.73 Å². The highest BCUT2D eigenvalue weighted by Gasteiger charge is 2.34. The highest BCUT2D eigenvalue weighted by Crippen LogP contribution is 2.22. The summed E-state index contributed by atoms with van der Waals surface area (Å²) in [6.07, 6.45) is 1.37. The predicted molar refractivity (Wildman–Crippen MR) is 70.5 cm³/mol. The molecular weight excluding hydrogens is 222 g/mol. The van der Waals surface area contributed by atoms with Gasteiger partial charge in [-0.1, -0.05) is 12.2 Å². The molecule has 3 unspecified atom stereocenters. The Bertz CT molecular complexity index is 247. The maximum atomic E-state index is 9.74. The minimum absolute atomic E-state index is 0.209. The molecule has 0 aromatic heterocycles. The molecule has 94 valence electrons. The molecule has 1 aliphatic heterocycles. The smallest absolute Gasteiger partial charge is 0.0742 e. The largest absolute Gasteiger partial charge is 0.393 e. The van der Waals surface area contributed by atoms with Crippen molar-refractivity contribution in [3.63, 3.8) is 0 Å². The van der Waals surface area contributed by atoms with Gasteiger partial charge in [-0.3, -0.25) is 4.90 Å². The molecule has 0 radical (unpaired) electrons. The molecule has 1 aliphatic rings. The number of hydrogen-bond acceptors (Lipinski definition) is 4. The van der Waals surface area contributed by atoms with Crippen LogP contribution >= 0.6 is 12.2 Å². The summed E-state index contributed by atoms with van der Waals surface area (Å²) in [5.74, 6) is 0. The van der Waals surface area contributed by atoms with Gasteiger partial charge in [0.05, 0.1) is 11.1 Å². The molecule has 0 saturated carbocycles. The first-order valence-corrected chi connectivity index (χ1v) is 6.17. The van der Waals surface area contributed by atoms with Gasteiger partial charge in [0.2, 0.25) is 0 Å². The van der Waals surface area contributed by atoms with Gasteiger partial charge in [0.1, 0.15) is 0 Å².